The first-order chi connectivity index (χ1) is 16.1. The number of nitrogen functional groups attached to an aromatic ring is 1. The normalized spacial score (nSPS) is 20.1. The Bertz CT molecular complexity index is 1150. The molecule has 0 spiro atoms. The molecule has 3 heterocycles. The number of aromatic nitrogens is 1. The molecule has 34 heavy (non-hydrogen) atoms. The molecule has 1 aromatic rings. The minimum Gasteiger partial charge on any atom is -0.479 e. The van der Waals surface area contributed by atoms with Crippen LogP contribution in [0, 0.1) is 0 Å². The number of primary amides is 1. The van der Waals surface area contributed by atoms with Crippen LogP contribution in [0.2, 0.25) is 0 Å². The Balaban J connectivity index is 1.78. The Labute approximate surface area is 203 Å². The quantitative estimate of drug-likeness (QED) is 0.106. The van der Waals surface area contributed by atoms with Crippen LogP contribution in [0.3, 0.4) is 0 Å². The molecule has 2 aliphatic rings. The maximum Gasteiger partial charge on any atom is 0.353 e. The van der Waals surface area contributed by atoms with Crippen molar-refractivity contribution >= 4 is 75.4 Å². The van der Waals surface area contributed by atoms with Crippen LogP contribution in [-0.4, -0.2) is 79.2 Å². The van der Waals surface area contributed by atoms with E-state index in [1.165, 1.54) is 22.5 Å². The number of carboxylic acids is 2. The fourth-order valence-electron chi connectivity index (χ4n) is 2.83. The van der Waals surface area contributed by atoms with Crippen molar-refractivity contribution in [2.45, 2.75) is 11.4 Å². The summed E-state index contributed by atoms with van der Waals surface area (Å²) in [5.74, 6) is -4.75. The third-order valence-electron chi connectivity index (χ3n) is 4.19. The number of fused-ring (bicyclic) bond motifs is 1. The molecule has 2 aliphatic heterocycles. The van der Waals surface area contributed by atoms with Gasteiger partial charge in [0.1, 0.15) is 22.8 Å². The number of aliphatic carboxylic acids is 2. The van der Waals surface area contributed by atoms with Crippen LogP contribution in [0.25, 0.3) is 0 Å². The van der Waals surface area contributed by atoms with Crippen molar-refractivity contribution in [3.63, 3.8) is 0 Å². The number of carboxylic acid groups (broad SMARTS) is 2. The molecular weight excluding hydrogens is 512 g/mol. The molecular formula is C17H16N6O8S3. The molecule has 180 valence electrons. The van der Waals surface area contributed by atoms with Gasteiger partial charge in [-0.1, -0.05) is 16.9 Å². The van der Waals surface area contributed by atoms with Crippen LogP contribution in [0.4, 0.5) is 5.13 Å². The number of carbonyl (C=O) groups is 5. The molecule has 0 aromatic carbocycles. The van der Waals surface area contributed by atoms with Crippen LogP contribution in [0.1, 0.15) is 5.69 Å². The maximum atomic E-state index is 12.8. The van der Waals surface area contributed by atoms with Gasteiger partial charge < -0.3 is 31.8 Å². The van der Waals surface area contributed by atoms with E-state index in [0.717, 1.165) is 34.1 Å². The first-order valence-corrected chi connectivity index (χ1v) is 11.9. The molecule has 14 nitrogen and oxygen atoms in total. The molecule has 1 saturated heterocycles. The number of carbonyl (C=O) groups excluding carboxylic acids is 3. The summed E-state index contributed by atoms with van der Waals surface area (Å²) in [6.07, 6.45) is 1.06. The van der Waals surface area contributed by atoms with Crippen LogP contribution in [-0.2, 0) is 28.8 Å². The number of hydrogen-bond donors (Lipinski definition) is 5. The summed E-state index contributed by atoms with van der Waals surface area (Å²) in [4.78, 5) is 68.9. The lowest BCUT2D eigenvalue weighted by Crippen LogP contribution is -2.71. The first-order valence-electron chi connectivity index (χ1n) is 9.08. The number of β-lactam (4-membered cyclic amide) rings is 1. The van der Waals surface area contributed by atoms with Crippen molar-refractivity contribution in [1.29, 1.82) is 0 Å². The molecule has 0 bridgehead atoms. The molecule has 1 aromatic heterocycles. The van der Waals surface area contributed by atoms with Gasteiger partial charge in [-0.2, -0.15) is 0 Å². The van der Waals surface area contributed by atoms with E-state index in [0.29, 0.717) is 4.91 Å². The predicted molar refractivity (Wildman–Crippen MR) is 122 cm³/mol. The van der Waals surface area contributed by atoms with E-state index in [1.54, 1.807) is 0 Å². The highest BCUT2D eigenvalue weighted by molar-refractivity contribution is 8.08. The van der Waals surface area contributed by atoms with Gasteiger partial charge in [0.25, 0.3) is 11.8 Å². The Hall–Kier alpha value is -3.57. The average molecular weight is 529 g/mol. The zero-order valence-corrected chi connectivity index (χ0v) is 19.3. The highest BCUT2D eigenvalue weighted by Gasteiger charge is 2.54. The molecule has 0 aliphatic carbocycles. The molecule has 1 fully saturated rings. The van der Waals surface area contributed by atoms with Gasteiger partial charge in [-0.25, -0.2) is 14.6 Å². The van der Waals surface area contributed by atoms with Gasteiger partial charge in [-0.3, -0.25) is 19.3 Å². The van der Waals surface area contributed by atoms with Gasteiger partial charge in [-0.05, 0) is 5.41 Å². The van der Waals surface area contributed by atoms with Crippen molar-refractivity contribution in [3.8, 4) is 0 Å². The minimum atomic E-state index is -1.35. The van der Waals surface area contributed by atoms with E-state index in [4.69, 9.17) is 16.6 Å². The summed E-state index contributed by atoms with van der Waals surface area (Å²) in [6.45, 7) is -0.817. The van der Waals surface area contributed by atoms with Crippen LogP contribution in [0.15, 0.2) is 32.6 Å². The monoisotopic (exact) mass is 528 g/mol. The van der Waals surface area contributed by atoms with Crippen LogP contribution >= 0.6 is 34.9 Å². The largest absolute Gasteiger partial charge is 0.479 e. The summed E-state index contributed by atoms with van der Waals surface area (Å²) in [7, 11) is 0. The lowest BCUT2D eigenvalue weighted by molar-refractivity contribution is -0.150. The topological polar surface area (TPSA) is 228 Å². The maximum absolute atomic E-state index is 12.8. The molecule has 0 saturated carbocycles. The van der Waals surface area contributed by atoms with Crippen molar-refractivity contribution < 1.29 is 39.0 Å². The average Bonchev–Trinajstić information content (AvgIpc) is 3.19. The lowest BCUT2D eigenvalue weighted by Gasteiger charge is -2.49. The predicted octanol–water partition coefficient (Wildman–Crippen LogP) is -1.04. The van der Waals surface area contributed by atoms with E-state index in [2.05, 4.69) is 20.3 Å². The van der Waals surface area contributed by atoms with E-state index >= 15 is 0 Å². The standard InChI is InChI=1S/C17H16N6O8S3/c18-8(24)1-2-32-7-5-33-15-11(14(28)23(15)12(7)16(29)30)21-13(27)10(22-31-3-9(25)26)6-4-34-17(19)20-6/h1-2,4,11,15H,3,5H2,(H2,18,24)(H2,19,20)(H,21,27)(H,25,26)(H,29,30)/b2-1-,22-10-/t11-,15+/m1/s1. The van der Waals surface area contributed by atoms with Crippen molar-refractivity contribution in [1.82, 2.24) is 15.2 Å². The van der Waals surface area contributed by atoms with Crippen molar-refractivity contribution in [3.05, 3.63) is 33.2 Å². The van der Waals surface area contributed by atoms with Gasteiger partial charge in [0.2, 0.25) is 12.5 Å². The fourth-order valence-corrected chi connectivity index (χ4v) is 5.71. The Kier molecular flexibility index (Phi) is 7.79. The molecule has 0 unspecified atom stereocenters. The zero-order valence-electron chi connectivity index (χ0n) is 16.9. The van der Waals surface area contributed by atoms with Gasteiger partial charge in [0.15, 0.2) is 10.8 Å². The summed E-state index contributed by atoms with van der Waals surface area (Å²) in [6, 6.07) is -1.08. The van der Waals surface area contributed by atoms with Crippen molar-refractivity contribution in [2.75, 3.05) is 18.1 Å². The number of hydrogen-bond acceptors (Lipinski definition) is 12. The second-order valence-electron chi connectivity index (χ2n) is 6.44. The fraction of sp³-hybridized carbons (Fsp3) is 0.235. The summed E-state index contributed by atoms with van der Waals surface area (Å²) >= 11 is 3.16. The number of oxime groups is 1. The van der Waals surface area contributed by atoms with Crippen LogP contribution in [0.5, 0.6) is 0 Å². The Morgan fingerprint density at radius 3 is 2.71 bits per heavy atom. The third-order valence-corrected chi connectivity index (χ3v) is 7.22. The highest BCUT2D eigenvalue weighted by Crippen LogP contribution is 2.43. The summed E-state index contributed by atoms with van der Waals surface area (Å²) < 4.78 is 0. The molecule has 2 atom stereocenters. The summed E-state index contributed by atoms with van der Waals surface area (Å²) in [5.41, 5.74) is 9.95. The lowest BCUT2D eigenvalue weighted by atomic mass is 10.0. The van der Waals surface area contributed by atoms with Crippen molar-refractivity contribution in [2.24, 2.45) is 10.9 Å². The summed E-state index contributed by atoms with van der Waals surface area (Å²) in [5, 5.41) is 26.4. The number of thioether (sulfide) groups is 2. The number of nitrogens with zero attached hydrogens (tertiary/aromatic N) is 3. The minimum absolute atomic E-state index is 0.0105. The smallest absolute Gasteiger partial charge is 0.353 e. The Morgan fingerprint density at radius 2 is 2.12 bits per heavy atom. The van der Waals surface area contributed by atoms with E-state index in [1.807, 2.05) is 0 Å². The molecule has 0 radical (unpaired) electrons. The first kappa shape index (κ1) is 25.1. The number of nitrogens with two attached hydrogens (primary N) is 2. The van der Waals surface area contributed by atoms with E-state index < -0.39 is 53.4 Å². The molecule has 3 amide bonds. The molecule has 7 N–H and O–H groups in total. The Morgan fingerprint density at radius 1 is 1.38 bits per heavy atom. The van der Waals surface area contributed by atoms with Gasteiger partial charge in [0, 0.05) is 22.1 Å². The number of nitrogens with one attached hydrogen (secondary N) is 1. The van der Waals surface area contributed by atoms with Gasteiger partial charge >= 0.3 is 11.9 Å². The highest BCUT2D eigenvalue weighted by atomic mass is 32.2. The number of thiazole rings is 1. The van der Waals surface area contributed by atoms with Crippen LogP contribution < -0.4 is 16.8 Å². The molecule has 3 rings (SSSR count). The number of amides is 3. The third kappa shape index (κ3) is 5.49. The molecule has 17 heteroatoms. The number of rotatable bonds is 10. The van der Waals surface area contributed by atoms with E-state index in [9.17, 15) is 29.1 Å². The van der Waals surface area contributed by atoms with Gasteiger partial charge in [-0.15, -0.1) is 23.1 Å². The SMILES string of the molecule is NC(=O)/C=C\SC1=C(C(=O)O)N2C(=O)[C@@H](NC(=O)/C(=N\OCC(=O)O)c3csc(N)n3)[C@@H]2SC1. The van der Waals surface area contributed by atoms with E-state index in [-0.39, 0.29) is 22.3 Å². The second kappa shape index (κ2) is 10.6. The second-order valence-corrected chi connectivity index (χ2v) is 9.43. The van der Waals surface area contributed by atoms with Gasteiger partial charge in [0.05, 0.1) is 0 Å². The number of anilines is 1. The zero-order chi connectivity index (χ0) is 25.0.